The first-order valence-corrected chi connectivity index (χ1v) is 8.99. The van der Waals surface area contributed by atoms with Crippen molar-refractivity contribution in [1.29, 1.82) is 0 Å². The summed E-state index contributed by atoms with van der Waals surface area (Å²) in [5, 5.41) is 3.57. The van der Waals surface area contributed by atoms with Gasteiger partial charge < -0.3 is 15.1 Å². The Hall–Kier alpha value is -2.49. The summed E-state index contributed by atoms with van der Waals surface area (Å²) in [5.74, 6) is 0.210. The van der Waals surface area contributed by atoms with Gasteiger partial charge >= 0.3 is 0 Å². The Labute approximate surface area is 149 Å². The zero-order valence-electron chi connectivity index (χ0n) is 15.0. The Morgan fingerprint density at radius 3 is 2.64 bits per heavy atom. The SMILES string of the molecule is CC1(C)CN(CC(=O)N2CCc3ccccc3C2)c2ccccc2N1. The molecule has 0 spiro atoms. The molecule has 25 heavy (non-hydrogen) atoms. The Kier molecular flexibility index (Phi) is 3.91. The van der Waals surface area contributed by atoms with Crippen LogP contribution in [-0.2, 0) is 17.8 Å². The number of amides is 1. The number of fused-ring (bicyclic) bond motifs is 2. The van der Waals surface area contributed by atoms with E-state index in [1.807, 2.05) is 17.0 Å². The Balaban J connectivity index is 1.52. The van der Waals surface area contributed by atoms with Crippen LogP contribution >= 0.6 is 0 Å². The molecule has 4 rings (SSSR count). The molecule has 2 aliphatic heterocycles. The number of hydrogen-bond donors (Lipinski definition) is 1. The number of para-hydroxylation sites is 2. The molecule has 1 N–H and O–H groups in total. The molecule has 130 valence electrons. The molecular formula is C21H25N3O. The van der Waals surface area contributed by atoms with Gasteiger partial charge in [-0.15, -0.1) is 0 Å². The summed E-state index contributed by atoms with van der Waals surface area (Å²) in [5.41, 5.74) is 4.83. The highest BCUT2D eigenvalue weighted by Crippen LogP contribution is 2.34. The van der Waals surface area contributed by atoms with Crippen LogP contribution in [0.4, 0.5) is 11.4 Å². The van der Waals surface area contributed by atoms with Gasteiger partial charge in [-0.2, -0.15) is 0 Å². The van der Waals surface area contributed by atoms with E-state index in [2.05, 4.69) is 60.5 Å². The fourth-order valence-corrected chi connectivity index (χ4v) is 3.93. The molecule has 2 aromatic carbocycles. The Morgan fingerprint density at radius 1 is 1.08 bits per heavy atom. The van der Waals surface area contributed by atoms with Gasteiger partial charge in [0, 0.05) is 25.2 Å². The first-order chi connectivity index (χ1) is 12.0. The average Bonchev–Trinajstić information content (AvgIpc) is 2.60. The fraction of sp³-hybridized carbons (Fsp3) is 0.381. The second-order valence-electron chi connectivity index (χ2n) is 7.72. The van der Waals surface area contributed by atoms with Crippen LogP contribution in [-0.4, -0.2) is 36.0 Å². The monoisotopic (exact) mass is 335 g/mol. The van der Waals surface area contributed by atoms with Gasteiger partial charge in [0.2, 0.25) is 5.91 Å². The van der Waals surface area contributed by atoms with E-state index in [0.717, 1.165) is 37.4 Å². The quantitative estimate of drug-likeness (QED) is 0.915. The summed E-state index contributed by atoms with van der Waals surface area (Å²) in [6.07, 6.45) is 0.950. The number of nitrogens with zero attached hydrogens (tertiary/aromatic N) is 2. The highest BCUT2D eigenvalue weighted by Gasteiger charge is 2.31. The van der Waals surface area contributed by atoms with Crippen molar-refractivity contribution in [2.24, 2.45) is 0 Å². The van der Waals surface area contributed by atoms with E-state index >= 15 is 0 Å². The third-order valence-electron chi connectivity index (χ3n) is 5.11. The molecule has 0 unspecified atom stereocenters. The van der Waals surface area contributed by atoms with Crippen LogP contribution in [0, 0.1) is 0 Å². The summed E-state index contributed by atoms with van der Waals surface area (Å²) >= 11 is 0. The molecule has 0 atom stereocenters. The maximum absolute atomic E-state index is 13.0. The minimum atomic E-state index is -0.0524. The largest absolute Gasteiger partial charge is 0.377 e. The minimum Gasteiger partial charge on any atom is -0.377 e. The molecule has 0 saturated carbocycles. The number of carbonyl (C=O) groups excluding carboxylic acids is 1. The predicted molar refractivity (Wildman–Crippen MR) is 102 cm³/mol. The highest BCUT2D eigenvalue weighted by molar-refractivity contribution is 5.85. The third-order valence-corrected chi connectivity index (χ3v) is 5.11. The zero-order valence-corrected chi connectivity index (χ0v) is 15.0. The first-order valence-electron chi connectivity index (χ1n) is 8.99. The van der Waals surface area contributed by atoms with Crippen molar-refractivity contribution in [1.82, 2.24) is 4.90 Å². The molecule has 0 fully saturated rings. The molecule has 0 bridgehead atoms. The van der Waals surface area contributed by atoms with Crippen LogP contribution < -0.4 is 10.2 Å². The van der Waals surface area contributed by atoms with E-state index in [0.29, 0.717) is 6.54 Å². The van der Waals surface area contributed by atoms with Crippen molar-refractivity contribution in [3.05, 3.63) is 59.7 Å². The molecule has 2 heterocycles. The standard InChI is InChI=1S/C21H25N3O/c1-21(2)15-24(19-10-6-5-9-18(19)22-21)14-20(25)23-12-11-16-7-3-4-8-17(16)13-23/h3-10,22H,11-15H2,1-2H3. The lowest BCUT2D eigenvalue weighted by molar-refractivity contribution is -0.130. The molecule has 0 aliphatic carbocycles. The smallest absolute Gasteiger partial charge is 0.242 e. The van der Waals surface area contributed by atoms with Gasteiger partial charge in [-0.05, 0) is 43.5 Å². The molecule has 0 radical (unpaired) electrons. The number of carbonyl (C=O) groups is 1. The van der Waals surface area contributed by atoms with Crippen molar-refractivity contribution < 1.29 is 4.79 Å². The summed E-state index contributed by atoms with van der Waals surface area (Å²) in [6, 6.07) is 16.7. The molecule has 2 aliphatic rings. The van der Waals surface area contributed by atoms with E-state index in [-0.39, 0.29) is 11.4 Å². The summed E-state index contributed by atoms with van der Waals surface area (Å²) in [7, 11) is 0. The molecule has 2 aromatic rings. The molecule has 4 heteroatoms. The molecule has 4 nitrogen and oxygen atoms in total. The van der Waals surface area contributed by atoms with Crippen molar-refractivity contribution in [3.8, 4) is 0 Å². The van der Waals surface area contributed by atoms with Crippen LogP contribution in [0.5, 0.6) is 0 Å². The van der Waals surface area contributed by atoms with Crippen LogP contribution in [0.15, 0.2) is 48.5 Å². The maximum Gasteiger partial charge on any atom is 0.242 e. The Bertz CT molecular complexity index is 799. The molecular weight excluding hydrogens is 310 g/mol. The average molecular weight is 335 g/mol. The van der Waals surface area contributed by atoms with Crippen LogP contribution in [0.3, 0.4) is 0 Å². The van der Waals surface area contributed by atoms with Crippen molar-refractivity contribution in [2.45, 2.75) is 32.4 Å². The minimum absolute atomic E-state index is 0.0524. The Morgan fingerprint density at radius 2 is 1.80 bits per heavy atom. The van der Waals surface area contributed by atoms with Crippen LogP contribution in [0.2, 0.25) is 0 Å². The summed E-state index contributed by atoms with van der Waals surface area (Å²) < 4.78 is 0. The number of anilines is 2. The zero-order chi connectivity index (χ0) is 17.4. The van der Waals surface area contributed by atoms with E-state index in [9.17, 15) is 4.79 Å². The van der Waals surface area contributed by atoms with Gasteiger partial charge in [-0.25, -0.2) is 0 Å². The van der Waals surface area contributed by atoms with Gasteiger partial charge in [0.1, 0.15) is 0 Å². The lowest BCUT2D eigenvalue weighted by Gasteiger charge is -2.42. The van der Waals surface area contributed by atoms with E-state index in [1.54, 1.807) is 0 Å². The van der Waals surface area contributed by atoms with E-state index in [1.165, 1.54) is 11.1 Å². The second kappa shape index (κ2) is 6.10. The van der Waals surface area contributed by atoms with Gasteiger partial charge in [0.25, 0.3) is 0 Å². The summed E-state index contributed by atoms with van der Waals surface area (Å²) in [4.78, 5) is 17.2. The van der Waals surface area contributed by atoms with Crippen LogP contribution in [0.25, 0.3) is 0 Å². The van der Waals surface area contributed by atoms with Gasteiger partial charge in [-0.1, -0.05) is 36.4 Å². The highest BCUT2D eigenvalue weighted by atomic mass is 16.2. The number of rotatable bonds is 2. The van der Waals surface area contributed by atoms with Crippen molar-refractivity contribution in [3.63, 3.8) is 0 Å². The lowest BCUT2D eigenvalue weighted by atomic mass is 9.98. The second-order valence-corrected chi connectivity index (χ2v) is 7.72. The maximum atomic E-state index is 13.0. The number of hydrogen-bond acceptors (Lipinski definition) is 3. The van der Waals surface area contributed by atoms with Gasteiger partial charge in [-0.3, -0.25) is 4.79 Å². The normalized spacial score (nSPS) is 18.2. The van der Waals surface area contributed by atoms with E-state index < -0.39 is 0 Å². The summed E-state index contributed by atoms with van der Waals surface area (Å²) in [6.45, 7) is 7.15. The van der Waals surface area contributed by atoms with Gasteiger partial charge in [0.05, 0.1) is 17.9 Å². The predicted octanol–water partition coefficient (Wildman–Crippen LogP) is 3.28. The first kappa shape index (κ1) is 16.0. The number of benzene rings is 2. The molecule has 0 aromatic heterocycles. The fourth-order valence-electron chi connectivity index (χ4n) is 3.93. The van der Waals surface area contributed by atoms with Crippen LogP contribution in [0.1, 0.15) is 25.0 Å². The molecule has 0 saturated heterocycles. The topological polar surface area (TPSA) is 35.6 Å². The van der Waals surface area contributed by atoms with E-state index in [4.69, 9.17) is 0 Å². The van der Waals surface area contributed by atoms with Gasteiger partial charge in [0.15, 0.2) is 0 Å². The third kappa shape index (κ3) is 3.21. The molecule has 1 amide bonds. The van der Waals surface area contributed by atoms with Crippen molar-refractivity contribution in [2.75, 3.05) is 29.9 Å². The number of nitrogens with one attached hydrogen (secondary N) is 1. The lowest BCUT2D eigenvalue weighted by Crippen LogP contribution is -2.52. The van der Waals surface area contributed by atoms with Crippen molar-refractivity contribution >= 4 is 17.3 Å².